The molecule has 0 radical (unpaired) electrons. The maximum atomic E-state index is 4.69. The van der Waals surface area contributed by atoms with Gasteiger partial charge in [0.05, 0.1) is 27.3 Å². The lowest BCUT2D eigenvalue weighted by Crippen LogP contribution is -2.31. The summed E-state index contributed by atoms with van der Waals surface area (Å²) >= 11 is 1.80. The number of aryl methyl sites for hydroxylation is 1. The maximum Gasteiger partial charge on any atom is 0.204 e. The molecule has 1 aliphatic rings. The summed E-state index contributed by atoms with van der Waals surface area (Å²) in [5.74, 6) is 0.890. The molecule has 5 rings (SSSR count). The van der Waals surface area contributed by atoms with Crippen LogP contribution in [0.1, 0.15) is 5.69 Å². The molecule has 2 aromatic heterocycles. The van der Waals surface area contributed by atoms with Gasteiger partial charge in [0.25, 0.3) is 0 Å². The van der Waals surface area contributed by atoms with Gasteiger partial charge in [-0.15, -0.1) is 0 Å². The number of nitrogens with one attached hydrogen (secondary N) is 1. The van der Waals surface area contributed by atoms with E-state index in [1.165, 1.54) is 15.6 Å². The number of aromatic nitrogens is 3. The SMILES string of the molecule is CN1/C(=C/C=C/c2ccc(-c3nc4ccccc4[nH]3)c[n+]2C)Sc2ccccc21. The van der Waals surface area contributed by atoms with Gasteiger partial charge in [-0.2, -0.15) is 0 Å². The molecule has 3 heterocycles. The van der Waals surface area contributed by atoms with E-state index in [0.29, 0.717) is 0 Å². The van der Waals surface area contributed by atoms with E-state index in [1.807, 2.05) is 24.3 Å². The summed E-state index contributed by atoms with van der Waals surface area (Å²) in [5.41, 5.74) is 5.50. The number of aromatic amines is 1. The lowest BCUT2D eigenvalue weighted by Gasteiger charge is -2.12. The maximum absolute atomic E-state index is 4.69. The van der Waals surface area contributed by atoms with Crippen LogP contribution in [0.3, 0.4) is 0 Å². The number of fused-ring (bicyclic) bond motifs is 2. The third-order valence-electron chi connectivity index (χ3n) is 5.11. The first-order valence-corrected chi connectivity index (χ1v) is 10.3. The number of benzene rings is 2. The van der Waals surface area contributed by atoms with Crippen molar-refractivity contribution in [3.8, 4) is 11.4 Å². The fourth-order valence-corrected chi connectivity index (χ4v) is 4.58. The molecule has 0 saturated heterocycles. The van der Waals surface area contributed by atoms with Crippen LogP contribution in [0.15, 0.2) is 88.9 Å². The van der Waals surface area contributed by atoms with Gasteiger partial charge in [0.2, 0.25) is 5.69 Å². The summed E-state index contributed by atoms with van der Waals surface area (Å²) in [6, 6.07) is 20.8. The van der Waals surface area contributed by atoms with Crippen molar-refractivity contribution < 1.29 is 4.57 Å². The van der Waals surface area contributed by atoms with Gasteiger partial charge < -0.3 is 9.88 Å². The third kappa shape index (κ3) is 3.34. The molecule has 4 aromatic rings. The predicted octanol–water partition coefficient (Wildman–Crippen LogP) is 5.15. The summed E-state index contributed by atoms with van der Waals surface area (Å²) in [5, 5.41) is 1.23. The largest absolute Gasteiger partial charge is 0.338 e. The highest BCUT2D eigenvalue weighted by Gasteiger charge is 2.20. The first-order chi connectivity index (χ1) is 14.2. The summed E-state index contributed by atoms with van der Waals surface area (Å²) in [6.07, 6.45) is 8.52. The summed E-state index contributed by atoms with van der Waals surface area (Å²) in [6.45, 7) is 0. The van der Waals surface area contributed by atoms with Crippen LogP contribution in [-0.2, 0) is 7.05 Å². The summed E-state index contributed by atoms with van der Waals surface area (Å²) < 4.78 is 2.12. The molecule has 29 heavy (non-hydrogen) atoms. The Hall–Kier alpha value is -3.31. The van der Waals surface area contributed by atoms with E-state index in [-0.39, 0.29) is 0 Å². The zero-order valence-electron chi connectivity index (χ0n) is 16.3. The van der Waals surface area contributed by atoms with Crippen molar-refractivity contribution >= 4 is 34.6 Å². The Morgan fingerprint density at radius 2 is 1.86 bits per heavy atom. The van der Waals surface area contributed by atoms with E-state index in [0.717, 1.165) is 28.1 Å². The molecule has 5 heteroatoms. The third-order valence-corrected chi connectivity index (χ3v) is 6.30. The average molecular weight is 398 g/mol. The zero-order valence-corrected chi connectivity index (χ0v) is 17.1. The topological polar surface area (TPSA) is 35.8 Å². The average Bonchev–Trinajstić information content (AvgIpc) is 3.31. The van der Waals surface area contributed by atoms with Crippen LogP contribution in [0.5, 0.6) is 0 Å². The standard InChI is InChI=1S/C24H21N4S/c1-27-16-17(24-25-19-9-3-4-10-20(19)26-24)14-15-18(27)8-7-13-23-28(2)21-11-5-6-12-22(21)29-23/h3-16H,1-2H3,(H,25,26)/q+1. The van der Waals surface area contributed by atoms with Crippen molar-refractivity contribution in [2.45, 2.75) is 4.90 Å². The van der Waals surface area contributed by atoms with E-state index in [2.05, 4.69) is 89.4 Å². The second-order valence-corrected chi connectivity index (χ2v) is 8.11. The number of H-pyrrole nitrogens is 1. The molecule has 1 aliphatic heterocycles. The van der Waals surface area contributed by atoms with Crippen LogP contribution in [0.4, 0.5) is 5.69 Å². The molecule has 0 aliphatic carbocycles. The Kier molecular flexibility index (Phi) is 4.45. The second kappa shape index (κ2) is 7.26. The number of hydrogen-bond acceptors (Lipinski definition) is 3. The number of allylic oxidation sites excluding steroid dienone is 2. The molecule has 142 valence electrons. The van der Waals surface area contributed by atoms with Gasteiger partial charge in [0.15, 0.2) is 6.20 Å². The lowest BCUT2D eigenvalue weighted by molar-refractivity contribution is -0.672. The number of hydrogen-bond donors (Lipinski definition) is 1. The first-order valence-electron chi connectivity index (χ1n) is 9.53. The molecule has 2 aromatic carbocycles. The minimum atomic E-state index is 0.890. The highest BCUT2D eigenvalue weighted by atomic mass is 32.2. The van der Waals surface area contributed by atoms with E-state index in [1.54, 1.807) is 11.8 Å². The van der Waals surface area contributed by atoms with Crippen LogP contribution in [-0.4, -0.2) is 17.0 Å². The van der Waals surface area contributed by atoms with E-state index < -0.39 is 0 Å². The number of thioether (sulfide) groups is 1. The van der Waals surface area contributed by atoms with E-state index in [4.69, 9.17) is 4.98 Å². The molecule has 0 spiro atoms. The number of para-hydroxylation sites is 3. The van der Waals surface area contributed by atoms with Crippen LogP contribution < -0.4 is 9.47 Å². The van der Waals surface area contributed by atoms with Crippen LogP contribution >= 0.6 is 11.8 Å². The Labute approximate surface area is 174 Å². The Balaban J connectivity index is 1.37. The smallest absolute Gasteiger partial charge is 0.204 e. The van der Waals surface area contributed by atoms with Crippen molar-refractivity contribution in [1.82, 2.24) is 9.97 Å². The molecular weight excluding hydrogens is 376 g/mol. The molecular formula is C24H21N4S+. The van der Waals surface area contributed by atoms with Crippen LogP contribution in [0, 0.1) is 0 Å². The van der Waals surface area contributed by atoms with Crippen molar-refractivity contribution in [3.05, 3.63) is 89.7 Å². The van der Waals surface area contributed by atoms with Gasteiger partial charge in [-0.3, -0.25) is 0 Å². The minimum Gasteiger partial charge on any atom is -0.338 e. The summed E-state index contributed by atoms with van der Waals surface area (Å²) in [7, 11) is 4.17. The normalized spacial score (nSPS) is 15.0. The number of rotatable bonds is 3. The second-order valence-electron chi connectivity index (χ2n) is 7.05. The van der Waals surface area contributed by atoms with Gasteiger partial charge in [0.1, 0.15) is 12.9 Å². The van der Waals surface area contributed by atoms with Gasteiger partial charge in [0, 0.05) is 24.1 Å². The highest BCUT2D eigenvalue weighted by Crippen LogP contribution is 2.44. The Morgan fingerprint density at radius 3 is 2.69 bits per heavy atom. The van der Waals surface area contributed by atoms with Gasteiger partial charge >= 0.3 is 0 Å². The van der Waals surface area contributed by atoms with Crippen molar-refractivity contribution in [2.75, 3.05) is 11.9 Å². The first kappa shape index (κ1) is 17.8. The molecule has 1 N–H and O–H groups in total. The molecule has 0 unspecified atom stereocenters. The van der Waals surface area contributed by atoms with Crippen LogP contribution in [0.2, 0.25) is 0 Å². The molecule has 0 atom stereocenters. The fourth-order valence-electron chi connectivity index (χ4n) is 3.52. The van der Waals surface area contributed by atoms with Gasteiger partial charge in [-0.05, 0) is 36.4 Å². The highest BCUT2D eigenvalue weighted by molar-refractivity contribution is 8.03. The van der Waals surface area contributed by atoms with Gasteiger partial charge in [-0.25, -0.2) is 9.55 Å². The number of nitrogens with zero attached hydrogens (tertiary/aromatic N) is 3. The van der Waals surface area contributed by atoms with E-state index in [9.17, 15) is 0 Å². The van der Waals surface area contributed by atoms with Crippen molar-refractivity contribution in [2.24, 2.45) is 7.05 Å². The zero-order chi connectivity index (χ0) is 19.8. The fraction of sp³-hybridized carbons (Fsp3) is 0.0833. The van der Waals surface area contributed by atoms with Crippen molar-refractivity contribution in [3.63, 3.8) is 0 Å². The molecule has 0 saturated carbocycles. The number of pyridine rings is 1. The lowest BCUT2D eigenvalue weighted by atomic mass is 10.2. The van der Waals surface area contributed by atoms with Gasteiger partial charge in [-0.1, -0.05) is 42.1 Å². The Morgan fingerprint density at radius 1 is 1.03 bits per heavy atom. The predicted molar refractivity (Wildman–Crippen MR) is 121 cm³/mol. The quantitative estimate of drug-likeness (QED) is 0.486. The summed E-state index contributed by atoms with van der Waals surface area (Å²) in [4.78, 5) is 11.6. The Bertz CT molecular complexity index is 1240. The minimum absolute atomic E-state index is 0.890. The van der Waals surface area contributed by atoms with Crippen molar-refractivity contribution in [1.29, 1.82) is 0 Å². The molecule has 0 amide bonds. The van der Waals surface area contributed by atoms with E-state index >= 15 is 0 Å². The number of imidazole rings is 1. The molecule has 0 bridgehead atoms. The molecule has 0 fully saturated rings. The molecule has 4 nitrogen and oxygen atoms in total. The number of anilines is 1. The monoisotopic (exact) mass is 397 g/mol. The van der Waals surface area contributed by atoms with Crippen LogP contribution in [0.25, 0.3) is 28.5 Å².